The van der Waals surface area contributed by atoms with E-state index in [1.54, 1.807) is 13.2 Å². The van der Waals surface area contributed by atoms with Crippen molar-refractivity contribution in [2.45, 2.75) is 19.9 Å². The Labute approximate surface area is 153 Å². The molecule has 2 aromatic rings. The summed E-state index contributed by atoms with van der Waals surface area (Å²) in [5.74, 6) is 1.43. The lowest BCUT2D eigenvalue weighted by Gasteiger charge is -2.15. The number of halogens is 1. The van der Waals surface area contributed by atoms with Gasteiger partial charge in [-0.3, -0.25) is 4.99 Å². The second kappa shape index (κ2) is 10.6. The van der Waals surface area contributed by atoms with Crippen LogP contribution in [0.1, 0.15) is 11.8 Å². The molecule has 0 saturated heterocycles. The summed E-state index contributed by atoms with van der Waals surface area (Å²) in [6.45, 7) is 4.88. The molecule has 2 aromatic heterocycles. The van der Waals surface area contributed by atoms with Crippen molar-refractivity contribution in [1.29, 1.82) is 0 Å². The van der Waals surface area contributed by atoms with Crippen LogP contribution >= 0.6 is 35.3 Å². The summed E-state index contributed by atoms with van der Waals surface area (Å²) < 4.78 is 2.04. The number of hydrogen-bond donors (Lipinski definition) is 2. The topological polar surface area (TPSA) is 54.2 Å². The van der Waals surface area contributed by atoms with Crippen LogP contribution in [0.3, 0.4) is 0 Å². The molecule has 5 nitrogen and oxygen atoms in total. The Hall–Kier alpha value is -1.09. The minimum absolute atomic E-state index is 0. The Balaban J connectivity index is 0.00000242. The van der Waals surface area contributed by atoms with Gasteiger partial charge in [-0.25, -0.2) is 4.98 Å². The van der Waals surface area contributed by atoms with Crippen molar-refractivity contribution in [2.75, 3.05) is 20.1 Å². The third-order valence-corrected chi connectivity index (χ3v) is 4.09. The minimum atomic E-state index is 0. The highest BCUT2D eigenvalue weighted by Gasteiger charge is 2.05. The third kappa shape index (κ3) is 6.78. The van der Waals surface area contributed by atoms with Gasteiger partial charge in [0.2, 0.25) is 0 Å². The molecular weight excluding hydrogens is 409 g/mol. The van der Waals surface area contributed by atoms with Crippen LogP contribution in [0.5, 0.6) is 0 Å². The van der Waals surface area contributed by atoms with E-state index in [1.165, 1.54) is 4.88 Å². The number of nitrogens with zero attached hydrogens (tertiary/aromatic N) is 3. The highest BCUT2D eigenvalue weighted by atomic mass is 127. The van der Waals surface area contributed by atoms with E-state index in [4.69, 9.17) is 0 Å². The van der Waals surface area contributed by atoms with Gasteiger partial charge < -0.3 is 15.2 Å². The molecule has 2 N–H and O–H groups in total. The predicted octanol–water partition coefficient (Wildman–Crippen LogP) is 2.61. The molecule has 0 aliphatic carbocycles. The summed E-state index contributed by atoms with van der Waals surface area (Å²) in [6, 6.07) is 4.30. The van der Waals surface area contributed by atoms with Gasteiger partial charge >= 0.3 is 0 Å². The molecular formula is C15H24IN5S. The summed E-state index contributed by atoms with van der Waals surface area (Å²) in [7, 11) is 1.80. The van der Waals surface area contributed by atoms with Crippen molar-refractivity contribution in [3.8, 4) is 0 Å². The van der Waals surface area contributed by atoms with Crippen molar-refractivity contribution in [3.05, 3.63) is 41.1 Å². The molecule has 2 heterocycles. The van der Waals surface area contributed by atoms with Gasteiger partial charge in [0, 0.05) is 44.0 Å². The number of rotatable bonds is 7. The first-order chi connectivity index (χ1) is 10.3. The molecule has 0 fully saturated rings. The van der Waals surface area contributed by atoms with E-state index in [1.807, 2.05) is 28.4 Å². The molecule has 0 amide bonds. The summed E-state index contributed by atoms with van der Waals surface area (Å²) in [6.07, 6.45) is 6.68. The lowest BCUT2D eigenvalue weighted by atomic mass is 10.1. The molecule has 0 saturated carbocycles. The van der Waals surface area contributed by atoms with Gasteiger partial charge in [-0.1, -0.05) is 13.0 Å². The maximum absolute atomic E-state index is 4.25. The number of aliphatic imine (C=N–C) groups is 1. The SMILES string of the molecule is CN=C(NCCn1ccnc1)NCC(C)Cc1cccs1.I. The lowest BCUT2D eigenvalue weighted by molar-refractivity contribution is 0.559. The number of aromatic nitrogens is 2. The zero-order valence-electron chi connectivity index (χ0n) is 13.0. The molecule has 7 heteroatoms. The predicted molar refractivity (Wildman–Crippen MR) is 104 cm³/mol. The van der Waals surface area contributed by atoms with Crippen molar-refractivity contribution in [1.82, 2.24) is 20.2 Å². The molecule has 1 atom stereocenters. The van der Waals surface area contributed by atoms with Crippen LogP contribution in [0.15, 0.2) is 41.2 Å². The third-order valence-electron chi connectivity index (χ3n) is 3.19. The van der Waals surface area contributed by atoms with Gasteiger partial charge in [0.15, 0.2) is 5.96 Å². The molecule has 0 aliphatic rings. The van der Waals surface area contributed by atoms with E-state index in [2.05, 4.69) is 45.0 Å². The van der Waals surface area contributed by atoms with Crippen molar-refractivity contribution in [3.63, 3.8) is 0 Å². The van der Waals surface area contributed by atoms with Crippen LogP contribution in [0.25, 0.3) is 0 Å². The van der Waals surface area contributed by atoms with Gasteiger partial charge in [0.1, 0.15) is 0 Å². The summed E-state index contributed by atoms with van der Waals surface area (Å²) in [5.41, 5.74) is 0. The maximum Gasteiger partial charge on any atom is 0.191 e. The van der Waals surface area contributed by atoms with E-state index in [-0.39, 0.29) is 24.0 Å². The fraction of sp³-hybridized carbons (Fsp3) is 0.467. The Bertz CT molecular complexity index is 524. The number of guanidine groups is 1. The van der Waals surface area contributed by atoms with Crippen LogP contribution in [0.2, 0.25) is 0 Å². The highest BCUT2D eigenvalue weighted by Crippen LogP contribution is 2.13. The Morgan fingerprint density at radius 3 is 2.95 bits per heavy atom. The van der Waals surface area contributed by atoms with Crippen molar-refractivity contribution >= 4 is 41.3 Å². The molecule has 0 aromatic carbocycles. The minimum Gasteiger partial charge on any atom is -0.356 e. The fourth-order valence-electron chi connectivity index (χ4n) is 2.06. The molecule has 2 rings (SSSR count). The Kier molecular flexibility index (Phi) is 9.14. The van der Waals surface area contributed by atoms with Gasteiger partial charge in [-0.15, -0.1) is 35.3 Å². The van der Waals surface area contributed by atoms with Gasteiger partial charge in [-0.2, -0.15) is 0 Å². The Morgan fingerprint density at radius 1 is 1.45 bits per heavy atom. The average Bonchev–Trinajstić information content (AvgIpc) is 3.16. The molecule has 0 bridgehead atoms. The monoisotopic (exact) mass is 433 g/mol. The molecule has 22 heavy (non-hydrogen) atoms. The van der Waals surface area contributed by atoms with E-state index >= 15 is 0 Å². The van der Waals surface area contributed by atoms with E-state index in [0.29, 0.717) is 5.92 Å². The second-order valence-electron chi connectivity index (χ2n) is 5.07. The number of thiophene rings is 1. The first kappa shape index (κ1) is 19.0. The molecule has 1 unspecified atom stereocenters. The normalized spacial score (nSPS) is 12.5. The first-order valence-corrected chi connectivity index (χ1v) is 8.08. The van der Waals surface area contributed by atoms with Crippen LogP contribution < -0.4 is 10.6 Å². The van der Waals surface area contributed by atoms with E-state index < -0.39 is 0 Å². The first-order valence-electron chi connectivity index (χ1n) is 7.20. The van der Waals surface area contributed by atoms with Crippen LogP contribution in [0.4, 0.5) is 0 Å². The summed E-state index contributed by atoms with van der Waals surface area (Å²) in [4.78, 5) is 9.71. The van der Waals surface area contributed by atoms with Crippen LogP contribution in [0, 0.1) is 5.92 Å². The zero-order valence-corrected chi connectivity index (χ0v) is 16.2. The van der Waals surface area contributed by atoms with Crippen molar-refractivity contribution in [2.24, 2.45) is 10.9 Å². The fourth-order valence-corrected chi connectivity index (χ4v) is 2.93. The quantitative estimate of drug-likeness (QED) is 0.401. The number of nitrogens with one attached hydrogen (secondary N) is 2. The Morgan fingerprint density at radius 2 is 2.32 bits per heavy atom. The van der Waals surface area contributed by atoms with Crippen LogP contribution in [-0.4, -0.2) is 35.6 Å². The lowest BCUT2D eigenvalue weighted by Crippen LogP contribution is -2.40. The van der Waals surface area contributed by atoms with Crippen molar-refractivity contribution < 1.29 is 0 Å². The summed E-state index contributed by atoms with van der Waals surface area (Å²) in [5, 5.41) is 8.83. The van der Waals surface area contributed by atoms with E-state index in [0.717, 1.165) is 32.0 Å². The molecule has 0 aliphatic heterocycles. The standard InChI is InChI=1S/C15H23N5S.HI/c1-13(10-14-4-3-9-21-14)11-19-15(16-2)18-6-8-20-7-5-17-12-20;/h3-5,7,9,12-13H,6,8,10-11H2,1-2H3,(H2,16,18,19);1H. The van der Waals surface area contributed by atoms with Gasteiger partial charge in [0.25, 0.3) is 0 Å². The van der Waals surface area contributed by atoms with Gasteiger partial charge in [-0.05, 0) is 23.8 Å². The van der Waals surface area contributed by atoms with Gasteiger partial charge in [0.05, 0.1) is 6.33 Å². The van der Waals surface area contributed by atoms with E-state index in [9.17, 15) is 0 Å². The summed E-state index contributed by atoms with van der Waals surface area (Å²) >= 11 is 1.82. The largest absolute Gasteiger partial charge is 0.356 e. The molecule has 0 spiro atoms. The second-order valence-corrected chi connectivity index (χ2v) is 6.10. The maximum atomic E-state index is 4.25. The average molecular weight is 433 g/mol. The van der Waals surface area contributed by atoms with Crippen LogP contribution in [-0.2, 0) is 13.0 Å². The number of imidazole rings is 1. The number of hydrogen-bond acceptors (Lipinski definition) is 3. The smallest absolute Gasteiger partial charge is 0.191 e. The zero-order chi connectivity index (χ0) is 14.9. The molecule has 122 valence electrons. The molecule has 0 radical (unpaired) electrons. The highest BCUT2D eigenvalue weighted by molar-refractivity contribution is 14.0.